The fraction of sp³-hybridized carbons (Fsp3) is 0.500. The van der Waals surface area contributed by atoms with E-state index in [9.17, 15) is 28.8 Å². The molecule has 0 aliphatic heterocycles. The molecule has 3 aromatic rings. The van der Waals surface area contributed by atoms with Gasteiger partial charge in [0.05, 0.1) is 23.4 Å². The number of benzene rings is 1. The van der Waals surface area contributed by atoms with Crippen molar-refractivity contribution in [2.24, 2.45) is 4.99 Å². The molecule has 1 aromatic carbocycles. The number of nitrogens with one attached hydrogen (secondary N) is 2. The number of carbonyl (C=O) groups is 6. The van der Waals surface area contributed by atoms with E-state index in [1.165, 1.54) is 47.2 Å². The Kier molecular flexibility index (Phi) is 13.9. The minimum Gasteiger partial charge on any atom is -0.459 e. The molecule has 3 rings (SSSR count). The Morgan fingerprint density at radius 3 is 1.62 bits per heavy atom. The van der Waals surface area contributed by atoms with Gasteiger partial charge in [-0.05, 0) is 119 Å². The summed E-state index contributed by atoms with van der Waals surface area (Å²) in [4.78, 5) is 86.5. The topological polar surface area (TPSA) is 218 Å². The lowest BCUT2D eigenvalue weighted by Gasteiger charge is -2.26. The van der Waals surface area contributed by atoms with Crippen molar-refractivity contribution in [2.75, 3.05) is 13.1 Å². The fourth-order valence-corrected chi connectivity index (χ4v) is 4.56. The van der Waals surface area contributed by atoms with Crippen molar-refractivity contribution in [3.63, 3.8) is 0 Å². The molecule has 2 N–H and O–H groups in total. The second-order valence-corrected chi connectivity index (χ2v) is 16.4. The molecule has 0 spiro atoms. The number of fused-ring (bicyclic) bond motifs is 1. The minimum absolute atomic E-state index is 0.0237. The van der Waals surface area contributed by atoms with Crippen molar-refractivity contribution >= 4 is 53.3 Å². The van der Waals surface area contributed by atoms with Gasteiger partial charge in [0.2, 0.25) is 11.9 Å². The molecule has 18 nitrogen and oxygen atoms in total. The monoisotopic (exact) mass is 781 g/mol. The highest BCUT2D eigenvalue weighted by Crippen LogP contribution is 2.23. The summed E-state index contributed by atoms with van der Waals surface area (Å²) in [6.07, 6.45) is -0.848. The molecule has 0 atom stereocenters. The van der Waals surface area contributed by atoms with Crippen molar-refractivity contribution in [3.8, 4) is 5.75 Å². The van der Waals surface area contributed by atoms with Gasteiger partial charge in [-0.2, -0.15) is 5.10 Å². The Bertz CT molecular complexity index is 1900. The van der Waals surface area contributed by atoms with Gasteiger partial charge in [0.25, 0.3) is 0 Å². The number of guanidine groups is 1. The van der Waals surface area contributed by atoms with Crippen LogP contribution in [-0.2, 0) is 39.8 Å². The van der Waals surface area contributed by atoms with E-state index in [0.717, 1.165) is 4.90 Å². The summed E-state index contributed by atoms with van der Waals surface area (Å²) < 4.78 is 28.2. The second kappa shape index (κ2) is 17.6. The lowest BCUT2D eigenvalue weighted by atomic mass is 10.2. The lowest BCUT2D eigenvalue weighted by Crippen LogP contribution is -2.47. The molecule has 304 valence electrons. The molecule has 3 amide bonds. The highest BCUT2D eigenvalue weighted by Gasteiger charge is 2.28. The van der Waals surface area contributed by atoms with Crippen LogP contribution in [0.2, 0.25) is 0 Å². The third-order valence-electron chi connectivity index (χ3n) is 6.42. The quantitative estimate of drug-likeness (QED) is 0.126. The van der Waals surface area contributed by atoms with Gasteiger partial charge < -0.3 is 28.6 Å². The zero-order valence-electron chi connectivity index (χ0n) is 33.9. The standard InChI is InChI=1S/C38H51N7O11/c1-35(2,3)53-28(47)20-44(21-29(48)54-36(4,5)6)27(46)19-25-17-18-26(30-39-22-40-45(25)30)52-31(49)23-13-15-24(16-14-23)41-32(42-33(50)55-37(7,8)9)43-34(51)56-38(10,11)12/h13-18,22H,19-21H2,1-12H3,(H2,41,42,43,50,51). The van der Waals surface area contributed by atoms with Gasteiger partial charge >= 0.3 is 30.1 Å². The first kappa shape index (κ1) is 44.3. The number of nitrogens with zero attached hydrogens (tertiary/aromatic N) is 5. The van der Waals surface area contributed by atoms with E-state index < -0.39 is 71.5 Å². The fourth-order valence-electron chi connectivity index (χ4n) is 4.56. The molecule has 2 aromatic heterocycles. The summed E-state index contributed by atoms with van der Waals surface area (Å²) in [6, 6.07) is 8.66. The summed E-state index contributed by atoms with van der Waals surface area (Å²) in [5.74, 6) is -3.05. The molecule has 0 aliphatic carbocycles. The highest BCUT2D eigenvalue weighted by molar-refractivity contribution is 6.02. The number of carbonyl (C=O) groups excluding carboxylic acids is 6. The number of aromatic nitrogens is 3. The maximum atomic E-state index is 13.5. The van der Waals surface area contributed by atoms with E-state index in [2.05, 4.69) is 25.7 Å². The number of esters is 3. The molecule has 0 bridgehead atoms. The van der Waals surface area contributed by atoms with Crippen LogP contribution in [0.5, 0.6) is 5.75 Å². The van der Waals surface area contributed by atoms with Gasteiger partial charge in [0, 0.05) is 0 Å². The summed E-state index contributed by atoms with van der Waals surface area (Å²) in [5, 5.41) is 8.94. The van der Waals surface area contributed by atoms with E-state index in [1.54, 1.807) is 83.1 Å². The van der Waals surface area contributed by atoms with E-state index in [1.807, 2.05) is 0 Å². The number of rotatable bonds is 9. The van der Waals surface area contributed by atoms with Crippen LogP contribution in [0.15, 0.2) is 47.7 Å². The van der Waals surface area contributed by atoms with Gasteiger partial charge in [0.1, 0.15) is 41.8 Å². The zero-order valence-corrected chi connectivity index (χ0v) is 33.9. The maximum Gasteiger partial charge on any atom is 0.414 e. The maximum absolute atomic E-state index is 13.5. The zero-order chi connectivity index (χ0) is 42.2. The summed E-state index contributed by atoms with van der Waals surface area (Å²) in [7, 11) is 0. The number of pyridine rings is 1. The van der Waals surface area contributed by atoms with E-state index in [0.29, 0.717) is 5.69 Å². The molecule has 0 saturated heterocycles. The summed E-state index contributed by atoms with van der Waals surface area (Å²) in [6.45, 7) is 19.1. The van der Waals surface area contributed by atoms with Crippen LogP contribution in [0.3, 0.4) is 0 Å². The van der Waals surface area contributed by atoms with Crippen LogP contribution >= 0.6 is 0 Å². The number of alkyl carbamates (subject to hydrolysis) is 2. The van der Waals surface area contributed by atoms with Crippen molar-refractivity contribution in [3.05, 3.63) is 54.0 Å². The third kappa shape index (κ3) is 15.3. The Morgan fingerprint density at radius 1 is 0.679 bits per heavy atom. The third-order valence-corrected chi connectivity index (χ3v) is 6.42. The van der Waals surface area contributed by atoms with E-state index in [-0.39, 0.29) is 35.0 Å². The predicted octanol–water partition coefficient (Wildman–Crippen LogP) is 5.04. The van der Waals surface area contributed by atoms with Gasteiger partial charge in [-0.3, -0.25) is 25.0 Å². The average Bonchev–Trinajstić information content (AvgIpc) is 3.49. The molecule has 2 heterocycles. The summed E-state index contributed by atoms with van der Waals surface area (Å²) in [5.41, 5.74) is -2.51. The van der Waals surface area contributed by atoms with Crippen LogP contribution in [0.25, 0.3) is 5.65 Å². The molecule has 0 unspecified atom stereocenters. The smallest absolute Gasteiger partial charge is 0.414 e. The highest BCUT2D eigenvalue weighted by atomic mass is 16.6. The van der Waals surface area contributed by atoms with Crippen LogP contribution in [0.4, 0.5) is 15.3 Å². The second-order valence-electron chi connectivity index (χ2n) is 16.4. The molecule has 0 radical (unpaired) electrons. The molecular formula is C38H51N7O11. The molecule has 0 aliphatic rings. The largest absolute Gasteiger partial charge is 0.459 e. The van der Waals surface area contributed by atoms with Crippen molar-refractivity contribution < 1.29 is 52.5 Å². The van der Waals surface area contributed by atoms with Crippen molar-refractivity contribution in [2.45, 2.75) is 112 Å². The van der Waals surface area contributed by atoms with Crippen LogP contribution < -0.4 is 15.4 Å². The first-order valence-electron chi connectivity index (χ1n) is 17.6. The first-order valence-corrected chi connectivity index (χ1v) is 17.6. The normalized spacial score (nSPS) is 11.9. The van der Waals surface area contributed by atoms with E-state index in [4.69, 9.17) is 23.7 Å². The van der Waals surface area contributed by atoms with Crippen LogP contribution in [0.1, 0.15) is 99.1 Å². The Labute approximate surface area is 325 Å². The van der Waals surface area contributed by atoms with Crippen LogP contribution in [0, 0.1) is 0 Å². The van der Waals surface area contributed by atoms with Gasteiger partial charge in [0.15, 0.2) is 11.4 Å². The number of aliphatic imine (C=N–C) groups is 1. The minimum atomic E-state index is -0.874. The Balaban J connectivity index is 1.80. The molecule has 18 heteroatoms. The van der Waals surface area contributed by atoms with Crippen LogP contribution in [-0.4, -0.2) is 97.0 Å². The van der Waals surface area contributed by atoms with E-state index >= 15 is 0 Å². The Morgan fingerprint density at radius 2 is 1.16 bits per heavy atom. The SMILES string of the molecule is CC(C)(C)OC(=O)CN(CC(=O)OC(C)(C)C)C(=O)Cc1ccc(OC(=O)c2ccc(N=C(NC(=O)OC(C)(C)C)NC(=O)OC(C)(C)C)cc2)c2ncnn12. The average molecular weight is 782 g/mol. The van der Waals surface area contributed by atoms with Crippen molar-refractivity contribution in [1.82, 2.24) is 30.1 Å². The Hall–Kier alpha value is -6.07. The molecule has 56 heavy (non-hydrogen) atoms. The number of hydrogen-bond donors (Lipinski definition) is 2. The van der Waals surface area contributed by atoms with Gasteiger partial charge in [-0.1, -0.05) is 0 Å². The number of amides is 3. The predicted molar refractivity (Wildman–Crippen MR) is 202 cm³/mol. The van der Waals surface area contributed by atoms with Gasteiger partial charge in [-0.25, -0.2) is 28.9 Å². The summed E-state index contributed by atoms with van der Waals surface area (Å²) >= 11 is 0. The number of ether oxygens (including phenoxy) is 5. The molecular weight excluding hydrogens is 730 g/mol. The molecule has 0 saturated carbocycles. The van der Waals surface area contributed by atoms with Gasteiger partial charge in [-0.15, -0.1) is 0 Å². The lowest BCUT2D eigenvalue weighted by molar-refractivity contribution is -0.163. The van der Waals surface area contributed by atoms with Crippen molar-refractivity contribution in [1.29, 1.82) is 0 Å². The molecule has 0 fully saturated rings. The first-order chi connectivity index (χ1) is 25.7. The number of hydrogen-bond acceptors (Lipinski definition) is 14.